The van der Waals surface area contributed by atoms with E-state index in [9.17, 15) is 8.78 Å². The zero-order valence-electron chi connectivity index (χ0n) is 17.1. The van der Waals surface area contributed by atoms with Crippen LogP contribution in [0.25, 0.3) is 5.57 Å². The van der Waals surface area contributed by atoms with Gasteiger partial charge in [0, 0.05) is 5.56 Å². The maximum atomic E-state index is 14.5. The van der Waals surface area contributed by atoms with Crippen LogP contribution in [0.2, 0.25) is 0 Å². The number of hydrogen-bond acceptors (Lipinski definition) is 1. The van der Waals surface area contributed by atoms with Gasteiger partial charge in [0.05, 0.1) is 6.61 Å². The molecule has 0 spiro atoms. The van der Waals surface area contributed by atoms with Gasteiger partial charge >= 0.3 is 0 Å². The van der Waals surface area contributed by atoms with Crippen LogP contribution in [0, 0.1) is 23.5 Å². The Bertz CT molecular complexity index is 760. The first kappa shape index (κ1) is 20.8. The molecule has 0 fully saturated rings. The second-order valence-electron chi connectivity index (χ2n) is 7.94. The molecule has 0 saturated heterocycles. The minimum absolute atomic E-state index is 0.00254. The van der Waals surface area contributed by atoms with Crippen LogP contribution >= 0.6 is 0 Å². The van der Waals surface area contributed by atoms with Crippen LogP contribution in [0.3, 0.4) is 0 Å². The Morgan fingerprint density at radius 3 is 2.39 bits per heavy atom. The van der Waals surface area contributed by atoms with Crippen LogP contribution < -0.4 is 4.74 Å². The first-order valence-electron chi connectivity index (χ1n) is 10.7. The van der Waals surface area contributed by atoms with Gasteiger partial charge in [-0.15, -0.1) is 0 Å². The van der Waals surface area contributed by atoms with Crippen molar-refractivity contribution in [1.82, 2.24) is 0 Å². The molecule has 0 N–H and O–H groups in total. The van der Waals surface area contributed by atoms with E-state index in [1.54, 1.807) is 24.6 Å². The second kappa shape index (κ2) is 10.0. The van der Waals surface area contributed by atoms with E-state index in [1.165, 1.54) is 25.7 Å². The molecule has 152 valence electrons. The fourth-order valence-electron chi connectivity index (χ4n) is 4.57. The van der Waals surface area contributed by atoms with Crippen LogP contribution in [-0.4, -0.2) is 6.61 Å². The summed E-state index contributed by atoms with van der Waals surface area (Å²) in [5.74, 6) is -0.262. The number of allylic oxidation sites excluding steroid dienone is 6. The Kier molecular flexibility index (Phi) is 7.47. The van der Waals surface area contributed by atoms with Crippen molar-refractivity contribution in [2.24, 2.45) is 11.8 Å². The zero-order valence-corrected chi connectivity index (χ0v) is 17.1. The highest BCUT2D eigenvalue weighted by molar-refractivity contribution is 5.67. The van der Waals surface area contributed by atoms with E-state index in [-0.39, 0.29) is 5.75 Å². The summed E-state index contributed by atoms with van der Waals surface area (Å²) in [4.78, 5) is 0. The average molecular weight is 387 g/mol. The van der Waals surface area contributed by atoms with Gasteiger partial charge in [-0.25, -0.2) is 4.39 Å². The Labute approximate surface area is 168 Å². The molecule has 3 rings (SSSR count). The third kappa shape index (κ3) is 4.92. The Balaban J connectivity index is 1.60. The van der Waals surface area contributed by atoms with E-state index in [0.29, 0.717) is 18.1 Å². The molecule has 0 aliphatic heterocycles. The average Bonchev–Trinajstić information content (AvgIpc) is 2.73. The molecule has 1 aromatic carbocycles. The van der Waals surface area contributed by atoms with Gasteiger partial charge in [0.15, 0.2) is 11.6 Å². The van der Waals surface area contributed by atoms with Crippen molar-refractivity contribution in [3.8, 4) is 5.75 Å². The maximum absolute atomic E-state index is 14.5. The van der Waals surface area contributed by atoms with Gasteiger partial charge in [-0.1, -0.05) is 29.9 Å². The molecule has 0 aromatic heterocycles. The molecule has 2 unspecified atom stereocenters. The zero-order chi connectivity index (χ0) is 19.9. The van der Waals surface area contributed by atoms with Gasteiger partial charge in [-0.05, 0) is 94.8 Å². The van der Waals surface area contributed by atoms with Gasteiger partial charge in [-0.3, -0.25) is 0 Å². The van der Waals surface area contributed by atoms with Crippen LogP contribution in [0.1, 0.15) is 70.8 Å². The fraction of sp³-hybridized carbons (Fsp3) is 0.520. The number of ether oxygens (including phenoxy) is 1. The molecule has 2 atom stereocenters. The number of halogens is 2. The summed E-state index contributed by atoms with van der Waals surface area (Å²) in [6.07, 6.45) is 17.8. The summed E-state index contributed by atoms with van der Waals surface area (Å²) in [5.41, 5.74) is 2.94. The molecule has 1 nitrogen and oxygen atoms in total. The lowest BCUT2D eigenvalue weighted by Gasteiger charge is -2.32. The van der Waals surface area contributed by atoms with E-state index in [2.05, 4.69) is 31.2 Å². The third-order valence-electron chi connectivity index (χ3n) is 6.22. The molecule has 2 aliphatic rings. The molecule has 0 saturated carbocycles. The van der Waals surface area contributed by atoms with Gasteiger partial charge in [-0.2, -0.15) is 4.39 Å². The van der Waals surface area contributed by atoms with Crippen LogP contribution in [0.15, 0.2) is 42.0 Å². The van der Waals surface area contributed by atoms with Crippen molar-refractivity contribution >= 4 is 5.57 Å². The van der Waals surface area contributed by atoms with Gasteiger partial charge in [0.2, 0.25) is 5.82 Å². The molecular formula is C25H32F2O. The summed E-state index contributed by atoms with van der Waals surface area (Å²) < 4.78 is 33.8. The predicted molar refractivity (Wildman–Crippen MR) is 112 cm³/mol. The normalized spacial score (nSPS) is 22.9. The highest BCUT2D eigenvalue weighted by Gasteiger charge is 2.27. The molecule has 28 heavy (non-hydrogen) atoms. The molecular weight excluding hydrogens is 354 g/mol. The molecule has 2 aliphatic carbocycles. The Hall–Kier alpha value is -1.90. The van der Waals surface area contributed by atoms with Crippen LogP contribution in [0.4, 0.5) is 8.78 Å². The highest BCUT2D eigenvalue weighted by atomic mass is 19.2. The summed E-state index contributed by atoms with van der Waals surface area (Å²) in [6.45, 7) is 4.16. The number of rotatable bonds is 7. The Morgan fingerprint density at radius 1 is 1.04 bits per heavy atom. The lowest BCUT2D eigenvalue weighted by atomic mass is 9.73. The fourth-order valence-corrected chi connectivity index (χ4v) is 4.57. The van der Waals surface area contributed by atoms with E-state index >= 15 is 0 Å². The second-order valence-corrected chi connectivity index (χ2v) is 7.94. The highest BCUT2D eigenvalue weighted by Crippen LogP contribution is 2.41. The van der Waals surface area contributed by atoms with Crippen LogP contribution in [-0.2, 0) is 0 Å². The topological polar surface area (TPSA) is 9.23 Å². The monoisotopic (exact) mass is 386 g/mol. The van der Waals surface area contributed by atoms with Gasteiger partial charge in [0.1, 0.15) is 0 Å². The first-order valence-corrected chi connectivity index (χ1v) is 10.7. The molecule has 0 radical (unpaired) electrons. The largest absolute Gasteiger partial charge is 0.491 e. The summed E-state index contributed by atoms with van der Waals surface area (Å²) >= 11 is 0. The quantitative estimate of drug-likeness (QED) is 0.438. The first-order chi connectivity index (χ1) is 13.6. The van der Waals surface area contributed by atoms with Gasteiger partial charge in [0.25, 0.3) is 0 Å². The molecule has 3 heteroatoms. The van der Waals surface area contributed by atoms with Crippen LogP contribution in [0.5, 0.6) is 5.75 Å². The standard InChI is InChI=1S/C25H32F2O/c1-3-5-6-7-18-8-10-19(11-9-18)20-12-14-21(15-13-20)22-16-17-23(28-4-2)25(27)24(22)26/h3,5,8,14,16-17,19-20H,4,6-7,9-13,15H2,1-2H3/b5-3+. The molecule has 0 heterocycles. The van der Waals surface area contributed by atoms with Crippen molar-refractivity contribution in [2.45, 2.75) is 65.2 Å². The van der Waals surface area contributed by atoms with Crippen molar-refractivity contribution in [3.63, 3.8) is 0 Å². The van der Waals surface area contributed by atoms with Crippen molar-refractivity contribution in [3.05, 3.63) is 59.2 Å². The third-order valence-corrected chi connectivity index (χ3v) is 6.22. The van der Waals surface area contributed by atoms with E-state index in [4.69, 9.17) is 4.74 Å². The summed E-state index contributed by atoms with van der Waals surface area (Å²) in [6, 6.07) is 3.21. The van der Waals surface area contributed by atoms with E-state index < -0.39 is 11.6 Å². The summed E-state index contributed by atoms with van der Waals surface area (Å²) in [5, 5.41) is 0. The maximum Gasteiger partial charge on any atom is 0.201 e. The molecule has 0 amide bonds. The van der Waals surface area contributed by atoms with Crippen molar-refractivity contribution < 1.29 is 13.5 Å². The van der Waals surface area contributed by atoms with Gasteiger partial charge < -0.3 is 4.74 Å². The predicted octanol–water partition coefficient (Wildman–Crippen LogP) is 7.63. The van der Waals surface area contributed by atoms with Crippen molar-refractivity contribution in [2.75, 3.05) is 6.61 Å². The van der Waals surface area contributed by atoms with E-state index in [0.717, 1.165) is 37.2 Å². The lowest BCUT2D eigenvalue weighted by Crippen LogP contribution is -2.19. The lowest BCUT2D eigenvalue weighted by molar-refractivity contribution is 0.285. The minimum atomic E-state index is -0.870. The smallest absolute Gasteiger partial charge is 0.201 e. The van der Waals surface area contributed by atoms with Crippen molar-refractivity contribution in [1.29, 1.82) is 0 Å². The number of benzene rings is 1. The minimum Gasteiger partial charge on any atom is -0.491 e. The Morgan fingerprint density at radius 2 is 1.79 bits per heavy atom. The molecule has 1 aromatic rings. The SMILES string of the molecule is C/C=C/CCC1=CCC(C2CC=C(c3ccc(OCC)c(F)c3F)CC2)CC1. The summed E-state index contributed by atoms with van der Waals surface area (Å²) in [7, 11) is 0. The number of hydrogen-bond donors (Lipinski definition) is 0. The molecule has 0 bridgehead atoms. The van der Waals surface area contributed by atoms with E-state index in [1.807, 2.05) is 0 Å².